The molecule has 1 amide bonds. The second-order valence-electron chi connectivity index (χ2n) is 4.08. The van der Waals surface area contributed by atoms with Crippen LogP contribution in [0.2, 0.25) is 0 Å². The second kappa shape index (κ2) is 6.08. The predicted molar refractivity (Wildman–Crippen MR) is 54.0 cm³/mol. The minimum absolute atomic E-state index is 0.0794. The minimum atomic E-state index is -4.32. The quantitative estimate of drug-likeness (QED) is 0.809. The number of nitrogens with zero attached hydrogens (tertiary/aromatic N) is 1. The molecule has 0 radical (unpaired) electrons. The van der Waals surface area contributed by atoms with Crippen molar-refractivity contribution in [1.82, 2.24) is 10.2 Å². The Labute approximate surface area is 93.0 Å². The molecule has 0 aromatic carbocycles. The van der Waals surface area contributed by atoms with Crippen LogP contribution >= 0.6 is 0 Å². The summed E-state index contributed by atoms with van der Waals surface area (Å²) in [6.07, 6.45) is -0.00507. The normalized spacial score (nSPS) is 19.2. The smallest absolute Gasteiger partial charge is 0.346 e. The van der Waals surface area contributed by atoms with Gasteiger partial charge >= 0.3 is 6.18 Å². The molecule has 1 aliphatic heterocycles. The molecule has 1 saturated heterocycles. The lowest BCUT2D eigenvalue weighted by Gasteiger charge is -2.19. The third-order valence-corrected chi connectivity index (χ3v) is 2.55. The summed E-state index contributed by atoms with van der Waals surface area (Å²) in [5.41, 5.74) is 0. The van der Waals surface area contributed by atoms with Crippen molar-refractivity contribution in [3.63, 3.8) is 0 Å². The molecule has 0 saturated carbocycles. The van der Waals surface area contributed by atoms with Crippen LogP contribution in [-0.2, 0) is 4.79 Å². The van der Waals surface area contributed by atoms with Gasteiger partial charge in [0.2, 0.25) is 5.91 Å². The Morgan fingerprint density at radius 1 is 1.12 bits per heavy atom. The number of hydrogen-bond acceptors (Lipinski definition) is 2. The van der Waals surface area contributed by atoms with E-state index < -0.39 is 18.6 Å². The number of carbonyl (C=O) groups excluding carboxylic acids is 1. The van der Waals surface area contributed by atoms with E-state index in [0.29, 0.717) is 0 Å². The summed E-state index contributed by atoms with van der Waals surface area (Å²) >= 11 is 0. The van der Waals surface area contributed by atoms with Gasteiger partial charge in [-0.15, -0.1) is 0 Å². The Kier molecular flexibility index (Phi) is 5.05. The second-order valence-corrected chi connectivity index (χ2v) is 4.08. The van der Waals surface area contributed by atoms with Gasteiger partial charge in [-0.05, 0) is 25.9 Å². The van der Waals surface area contributed by atoms with Crippen LogP contribution in [0.25, 0.3) is 0 Å². The highest BCUT2D eigenvalue weighted by Gasteiger charge is 2.27. The maximum atomic E-state index is 11.8. The molecule has 16 heavy (non-hydrogen) atoms. The number of alkyl halides is 3. The van der Waals surface area contributed by atoms with Crippen LogP contribution in [-0.4, -0.2) is 43.2 Å². The average molecular weight is 238 g/mol. The Morgan fingerprint density at radius 2 is 1.69 bits per heavy atom. The molecule has 1 heterocycles. The van der Waals surface area contributed by atoms with E-state index in [-0.39, 0.29) is 6.54 Å². The summed E-state index contributed by atoms with van der Waals surface area (Å²) in [5, 5.41) is 1.88. The SMILES string of the molecule is O=C(CN1CCCCCC1)NCC(F)(F)F. The summed E-state index contributed by atoms with van der Waals surface area (Å²) in [4.78, 5) is 13.1. The molecule has 0 aliphatic carbocycles. The highest BCUT2D eigenvalue weighted by molar-refractivity contribution is 5.78. The number of amides is 1. The van der Waals surface area contributed by atoms with E-state index in [2.05, 4.69) is 0 Å². The number of halogens is 3. The first-order valence-corrected chi connectivity index (χ1v) is 5.53. The lowest BCUT2D eigenvalue weighted by Crippen LogP contribution is -2.41. The highest BCUT2D eigenvalue weighted by atomic mass is 19.4. The lowest BCUT2D eigenvalue weighted by atomic mass is 10.2. The molecule has 0 spiro atoms. The van der Waals surface area contributed by atoms with Gasteiger partial charge in [0, 0.05) is 0 Å². The number of nitrogens with one attached hydrogen (secondary N) is 1. The zero-order valence-electron chi connectivity index (χ0n) is 9.15. The van der Waals surface area contributed by atoms with E-state index in [4.69, 9.17) is 0 Å². The van der Waals surface area contributed by atoms with Gasteiger partial charge in [-0.3, -0.25) is 9.69 Å². The zero-order valence-corrected chi connectivity index (χ0v) is 9.15. The van der Waals surface area contributed by atoms with Crippen molar-refractivity contribution in [2.45, 2.75) is 31.9 Å². The summed E-state index contributed by atoms with van der Waals surface area (Å²) < 4.78 is 35.5. The monoisotopic (exact) mass is 238 g/mol. The van der Waals surface area contributed by atoms with Crippen LogP contribution in [0.3, 0.4) is 0 Å². The van der Waals surface area contributed by atoms with Crippen LogP contribution in [0, 0.1) is 0 Å². The number of hydrogen-bond donors (Lipinski definition) is 1. The van der Waals surface area contributed by atoms with Gasteiger partial charge in [0.25, 0.3) is 0 Å². The van der Waals surface area contributed by atoms with E-state index in [1.165, 1.54) is 0 Å². The molecule has 0 unspecified atom stereocenters. The Balaban J connectivity index is 2.22. The highest BCUT2D eigenvalue weighted by Crippen LogP contribution is 2.12. The first-order chi connectivity index (χ1) is 7.47. The molecule has 1 aliphatic rings. The van der Waals surface area contributed by atoms with Gasteiger partial charge in [0.05, 0.1) is 6.54 Å². The molecule has 3 nitrogen and oxygen atoms in total. The van der Waals surface area contributed by atoms with Crippen molar-refractivity contribution in [2.75, 3.05) is 26.2 Å². The molecule has 0 aromatic rings. The van der Waals surface area contributed by atoms with E-state index in [1.54, 1.807) is 0 Å². The van der Waals surface area contributed by atoms with Crippen LogP contribution in [0.4, 0.5) is 13.2 Å². The standard InChI is InChI=1S/C10H17F3N2O/c11-10(12,13)8-14-9(16)7-15-5-3-1-2-4-6-15/h1-8H2,(H,14,16). The van der Waals surface area contributed by atoms with Crippen molar-refractivity contribution < 1.29 is 18.0 Å². The third kappa shape index (κ3) is 5.95. The minimum Gasteiger partial charge on any atom is -0.346 e. The van der Waals surface area contributed by atoms with Gasteiger partial charge in [-0.2, -0.15) is 13.2 Å². The van der Waals surface area contributed by atoms with Gasteiger partial charge in [0.15, 0.2) is 0 Å². The molecule has 1 rings (SSSR count). The van der Waals surface area contributed by atoms with E-state index in [9.17, 15) is 18.0 Å². The largest absolute Gasteiger partial charge is 0.405 e. The summed E-state index contributed by atoms with van der Waals surface area (Å²) in [6, 6.07) is 0. The molecular formula is C10H17F3N2O. The van der Waals surface area contributed by atoms with E-state index >= 15 is 0 Å². The Hall–Kier alpha value is -0.780. The molecule has 0 atom stereocenters. The topological polar surface area (TPSA) is 32.3 Å². The number of likely N-dealkylation sites (tertiary alicyclic amines) is 1. The molecule has 0 aromatic heterocycles. The summed E-state index contributed by atoms with van der Waals surface area (Å²) in [5.74, 6) is -0.542. The zero-order chi connectivity index (χ0) is 12.0. The molecule has 1 fully saturated rings. The lowest BCUT2D eigenvalue weighted by molar-refractivity contribution is -0.139. The number of rotatable bonds is 3. The molecule has 94 valence electrons. The fourth-order valence-corrected chi connectivity index (χ4v) is 1.75. The van der Waals surface area contributed by atoms with Gasteiger partial charge in [-0.25, -0.2) is 0 Å². The van der Waals surface area contributed by atoms with Crippen molar-refractivity contribution in [1.29, 1.82) is 0 Å². The first-order valence-electron chi connectivity index (χ1n) is 5.53. The molecule has 1 N–H and O–H groups in total. The summed E-state index contributed by atoms with van der Waals surface area (Å²) in [7, 11) is 0. The van der Waals surface area contributed by atoms with E-state index in [1.807, 2.05) is 10.2 Å². The van der Waals surface area contributed by atoms with Gasteiger partial charge in [0.1, 0.15) is 6.54 Å². The molecule has 6 heteroatoms. The number of carbonyl (C=O) groups is 1. The van der Waals surface area contributed by atoms with Crippen molar-refractivity contribution in [2.24, 2.45) is 0 Å². The Bertz CT molecular complexity index is 223. The predicted octanol–water partition coefficient (Wildman–Crippen LogP) is 1.54. The van der Waals surface area contributed by atoms with Gasteiger partial charge in [-0.1, -0.05) is 12.8 Å². The van der Waals surface area contributed by atoms with Crippen molar-refractivity contribution in [3.8, 4) is 0 Å². The van der Waals surface area contributed by atoms with Crippen LogP contribution in [0.15, 0.2) is 0 Å². The molecular weight excluding hydrogens is 221 g/mol. The Morgan fingerprint density at radius 3 is 2.19 bits per heavy atom. The molecule has 0 bridgehead atoms. The van der Waals surface area contributed by atoms with E-state index in [0.717, 1.165) is 38.8 Å². The third-order valence-electron chi connectivity index (χ3n) is 2.55. The first kappa shape index (κ1) is 13.3. The fourth-order valence-electron chi connectivity index (χ4n) is 1.75. The average Bonchev–Trinajstić information content (AvgIpc) is 2.42. The summed E-state index contributed by atoms with van der Waals surface area (Å²) in [6.45, 7) is 0.453. The van der Waals surface area contributed by atoms with Gasteiger partial charge < -0.3 is 5.32 Å². The van der Waals surface area contributed by atoms with Crippen LogP contribution in [0.5, 0.6) is 0 Å². The van der Waals surface area contributed by atoms with Crippen molar-refractivity contribution in [3.05, 3.63) is 0 Å². The maximum absolute atomic E-state index is 11.8. The van der Waals surface area contributed by atoms with Crippen LogP contribution < -0.4 is 5.32 Å². The van der Waals surface area contributed by atoms with Crippen molar-refractivity contribution >= 4 is 5.91 Å². The van der Waals surface area contributed by atoms with Crippen LogP contribution in [0.1, 0.15) is 25.7 Å². The fraction of sp³-hybridized carbons (Fsp3) is 0.900. The maximum Gasteiger partial charge on any atom is 0.405 e.